The van der Waals surface area contributed by atoms with Gasteiger partial charge in [0.05, 0.1) is 0 Å². The minimum atomic E-state index is 0.0781. The van der Waals surface area contributed by atoms with Gasteiger partial charge >= 0.3 is 0 Å². The van der Waals surface area contributed by atoms with E-state index in [0.717, 1.165) is 11.1 Å². The van der Waals surface area contributed by atoms with E-state index in [1.807, 2.05) is 18.2 Å². The molecule has 0 amide bonds. The lowest BCUT2D eigenvalue weighted by Crippen LogP contribution is -1.98. The number of rotatable bonds is 1. The Morgan fingerprint density at radius 3 is 2.64 bits per heavy atom. The molecule has 14 heavy (non-hydrogen) atoms. The summed E-state index contributed by atoms with van der Waals surface area (Å²) in [6.45, 7) is 1.59. The number of hydrogen-bond acceptors (Lipinski definition) is 2. The Labute approximate surface area is 82.2 Å². The molecule has 2 aliphatic rings. The maximum Gasteiger partial charge on any atom is 0.159 e. The predicted molar refractivity (Wildman–Crippen MR) is 52.2 cm³/mol. The quantitative estimate of drug-likeness (QED) is 0.497. The first-order valence-electron chi connectivity index (χ1n) is 4.74. The van der Waals surface area contributed by atoms with Gasteiger partial charge in [0, 0.05) is 5.56 Å². The Morgan fingerprint density at radius 2 is 1.93 bits per heavy atom. The molecule has 1 aromatic rings. The van der Waals surface area contributed by atoms with Crippen LogP contribution in [0.3, 0.4) is 0 Å². The number of ketones is 1. The van der Waals surface area contributed by atoms with E-state index in [1.54, 1.807) is 6.92 Å². The lowest BCUT2D eigenvalue weighted by Gasteiger charge is -2.07. The van der Waals surface area contributed by atoms with Crippen molar-refractivity contribution in [3.05, 3.63) is 47.0 Å². The van der Waals surface area contributed by atoms with Crippen LogP contribution in [0.5, 0.6) is 0 Å². The summed E-state index contributed by atoms with van der Waals surface area (Å²) in [6.07, 6.45) is 4.32. The molecule has 1 aromatic carbocycles. The van der Waals surface area contributed by atoms with Crippen molar-refractivity contribution in [2.45, 2.75) is 19.1 Å². The number of benzene rings is 1. The molecule has 2 aliphatic heterocycles. The van der Waals surface area contributed by atoms with Gasteiger partial charge in [-0.1, -0.05) is 24.3 Å². The van der Waals surface area contributed by atoms with Crippen LogP contribution in [0.25, 0.3) is 0 Å². The molecule has 2 atom stereocenters. The maximum absolute atomic E-state index is 11.2. The second-order valence-corrected chi connectivity index (χ2v) is 3.76. The van der Waals surface area contributed by atoms with E-state index in [1.165, 1.54) is 5.56 Å². The number of carbonyl (C=O) groups is 1. The van der Waals surface area contributed by atoms with Gasteiger partial charge in [-0.15, -0.1) is 0 Å². The highest BCUT2D eigenvalue weighted by Gasteiger charge is 2.33. The summed E-state index contributed by atoms with van der Waals surface area (Å²) in [6, 6.07) is 5.82. The van der Waals surface area contributed by atoms with Crippen LogP contribution in [0.4, 0.5) is 0 Å². The summed E-state index contributed by atoms with van der Waals surface area (Å²) >= 11 is 0. The molecular weight excluding hydrogens is 176 g/mol. The molecule has 2 unspecified atom stereocenters. The molecule has 2 heterocycles. The van der Waals surface area contributed by atoms with Crippen LogP contribution < -0.4 is 0 Å². The molecule has 0 aromatic heterocycles. The number of Topliss-reactive ketones (excluding diaryl/α,β-unsaturated/α-hetero) is 1. The fourth-order valence-electron chi connectivity index (χ4n) is 2.10. The Hall–Kier alpha value is -1.41. The Bertz CT molecular complexity index is 446. The minimum Gasteiger partial charge on any atom is -0.357 e. The Morgan fingerprint density at radius 1 is 1.21 bits per heavy atom. The number of ether oxygens (including phenoxy) is 1. The maximum atomic E-state index is 11.2. The summed E-state index contributed by atoms with van der Waals surface area (Å²) in [5, 5.41) is 0. The van der Waals surface area contributed by atoms with E-state index in [-0.39, 0.29) is 18.0 Å². The van der Waals surface area contributed by atoms with Crippen molar-refractivity contribution in [2.75, 3.05) is 0 Å². The first kappa shape index (κ1) is 7.94. The summed E-state index contributed by atoms with van der Waals surface area (Å²) in [7, 11) is 0. The molecule has 0 aliphatic carbocycles. The second kappa shape index (κ2) is 2.55. The van der Waals surface area contributed by atoms with Crippen LogP contribution in [0.1, 0.15) is 40.6 Å². The summed E-state index contributed by atoms with van der Waals surface area (Å²) in [5.74, 6) is 0.111. The Kier molecular flexibility index (Phi) is 1.45. The SMILES string of the molecule is CC(=O)c1ccc2c(c1)C1C=CC2O1. The second-order valence-electron chi connectivity index (χ2n) is 3.76. The zero-order chi connectivity index (χ0) is 9.71. The standard InChI is InChI=1S/C12H10O2/c1-7(13)8-2-3-9-10(6-8)12-5-4-11(9)14-12/h2-6,11-12H,1H3. The fraction of sp³-hybridized carbons (Fsp3) is 0.250. The van der Waals surface area contributed by atoms with Crippen LogP contribution in [-0.2, 0) is 4.74 Å². The van der Waals surface area contributed by atoms with E-state index in [2.05, 4.69) is 12.2 Å². The predicted octanol–water partition coefficient (Wildman–Crippen LogP) is 2.57. The lowest BCUT2D eigenvalue weighted by atomic mass is 9.94. The minimum absolute atomic E-state index is 0.0781. The molecule has 0 fully saturated rings. The molecule has 2 nitrogen and oxygen atoms in total. The Balaban J connectivity index is 2.15. The summed E-state index contributed by atoms with van der Waals surface area (Å²) in [4.78, 5) is 11.2. The zero-order valence-electron chi connectivity index (χ0n) is 7.86. The number of carbonyl (C=O) groups excluding carboxylic acids is 1. The molecule has 0 radical (unpaired) electrons. The summed E-state index contributed by atoms with van der Waals surface area (Å²) < 4.78 is 5.66. The van der Waals surface area contributed by atoms with E-state index < -0.39 is 0 Å². The van der Waals surface area contributed by atoms with E-state index in [4.69, 9.17) is 4.74 Å². The van der Waals surface area contributed by atoms with Crippen LogP contribution in [0.2, 0.25) is 0 Å². The average Bonchev–Trinajstić information content (AvgIpc) is 2.77. The molecule has 0 spiro atoms. The topological polar surface area (TPSA) is 26.3 Å². The van der Waals surface area contributed by atoms with Crippen molar-refractivity contribution >= 4 is 5.78 Å². The third kappa shape index (κ3) is 0.917. The van der Waals surface area contributed by atoms with Crippen molar-refractivity contribution in [3.8, 4) is 0 Å². The van der Waals surface area contributed by atoms with Crippen LogP contribution in [0.15, 0.2) is 30.4 Å². The largest absolute Gasteiger partial charge is 0.357 e. The lowest BCUT2D eigenvalue weighted by molar-refractivity contribution is 0.0878. The smallest absolute Gasteiger partial charge is 0.159 e. The van der Waals surface area contributed by atoms with Gasteiger partial charge in [-0.2, -0.15) is 0 Å². The summed E-state index contributed by atoms with van der Waals surface area (Å²) in [5.41, 5.74) is 3.14. The normalized spacial score (nSPS) is 26.6. The highest BCUT2D eigenvalue weighted by atomic mass is 16.5. The molecule has 2 bridgehead atoms. The van der Waals surface area contributed by atoms with Crippen molar-refractivity contribution in [3.63, 3.8) is 0 Å². The first-order valence-corrected chi connectivity index (χ1v) is 4.74. The zero-order valence-corrected chi connectivity index (χ0v) is 7.86. The van der Waals surface area contributed by atoms with Crippen molar-refractivity contribution in [2.24, 2.45) is 0 Å². The first-order chi connectivity index (χ1) is 6.75. The van der Waals surface area contributed by atoms with Crippen LogP contribution in [0, 0.1) is 0 Å². The van der Waals surface area contributed by atoms with Crippen LogP contribution in [-0.4, -0.2) is 5.78 Å². The van der Waals surface area contributed by atoms with Gasteiger partial charge in [0.15, 0.2) is 5.78 Å². The van der Waals surface area contributed by atoms with E-state index in [0.29, 0.717) is 0 Å². The van der Waals surface area contributed by atoms with Gasteiger partial charge in [0.25, 0.3) is 0 Å². The molecule has 0 N–H and O–H groups in total. The van der Waals surface area contributed by atoms with Gasteiger partial charge in [-0.05, 0) is 24.1 Å². The van der Waals surface area contributed by atoms with Crippen molar-refractivity contribution in [1.29, 1.82) is 0 Å². The number of fused-ring (bicyclic) bond motifs is 5. The molecule has 3 rings (SSSR count). The fourth-order valence-corrected chi connectivity index (χ4v) is 2.10. The van der Waals surface area contributed by atoms with Crippen molar-refractivity contribution in [1.82, 2.24) is 0 Å². The highest BCUT2D eigenvalue weighted by Crippen LogP contribution is 2.45. The van der Waals surface area contributed by atoms with Gasteiger partial charge in [0.2, 0.25) is 0 Å². The van der Waals surface area contributed by atoms with Crippen LogP contribution >= 0.6 is 0 Å². The van der Waals surface area contributed by atoms with Crippen molar-refractivity contribution < 1.29 is 9.53 Å². The highest BCUT2D eigenvalue weighted by molar-refractivity contribution is 5.94. The number of hydrogen-bond donors (Lipinski definition) is 0. The monoisotopic (exact) mass is 186 g/mol. The molecule has 0 saturated heterocycles. The molecule has 2 heteroatoms. The average molecular weight is 186 g/mol. The third-order valence-corrected chi connectivity index (χ3v) is 2.86. The van der Waals surface area contributed by atoms with E-state index >= 15 is 0 Å². The van der Waals surface area contributed by atoms with E-state index in [9.17, 15) is 4.79 Å². The van der Waals surface area contributed by atoms with Gasteiger partial charge < -0.3 is 4.74 Å². The molecule has 0 saturated carbocycles. The molecule has 70 valence electrons. The third-order valence-electron chi connectivity index (χ3n) is 2.86. The van der Waals surface area contributed by atoms with Gasteiger partial charge in [-0.25, -0.2) is 0 Å². The molecular formula is C12H10O2. The van der Waals surface area contributed by atoms with Gasteiger partial charge in [0.1, 0.15) is 12.2 Å². The van der Waals surface area contributed by atoms with Gasteiger partial charge in [-0.3, -0.25) is 4.79 Å².